The Morgan fingerprint density at radius 3 is 2.53 bits per heavy atom. The van der Waals surface area contributed by atoms with Crippen LogP contribution in [-0.2, 0) is 0 Å². The Morgan fingerprint density at radius 2 is 1.89 bits per heavy atom. The van der Waals surface area contributed by atoms with E-state index in [1.54, 1.807) is 19.2 Å². The van der Waals surface area contributed by atoms with Gasteiger partial charge < -0.3 is 4.74 Å². The van der Waals surface area contributed by atoms with Gasteiger partial charge in [0.2, 0.25) is 0 Å². The summed E-state index contributed by atoms with van der Waals surface area (Å²) < 4.78 is 19.9. The summed E-state index contributed by atoms with van der Waals surface area (Å²) in [5.41, 5.74) is 1.64. The van der Waals surface area contributed by atoms with E-state index in [1.165, 1.54) is 6.07 Å². The Bertz CT molecular complexity index is 604. The summed E-state index contributed by atoms with van der Waals surface area (Å²) in [5.74, 6) is 0.380. The quantitative estimate of drug-likeness (QED) is 0.593. The van der Waals surface area contributed by atoms with Gasteiger partial charge in [-0.25, -0.2) is 4.39 Å². The highest BCUT2D eigenvalue weighted by atomic mass is 79.9. The molecule has 0 aliphatic carbocycles. The van der Waals surface area contributed by atoms with E-state index >= 15 is 0 Å². The molecule has 2 aromatic rings. The molecule has 2 rings (SSSR count). The van der Waals surface area contributed by atoms with Crippen molar-refractivity contribution in [1.29, 1.82) is 0 Å². The minimum Gasteiger partial charge on any atom is -0.496 e. The van der Waals surface area contributed by atoms with Gasteiger partial charge in [-0.2, -0.15) is 0 Å². The average Bonchev–Trinajstić information content (AvgIpc) is 2.41. The van der Waals surface area contributed by atoms with E-state index < -0.39 is 5.38 Å². The van der Waals surface area contributed by atoms with Crippen molar-refractivity contribution in [2.45, 2.75) is 5.38 Å². The second-order valence-corrected chi connectivity index (χ2v) is 6.13. The number of benzene rings is 2. The number of methoxy groups -OCH3 is 1. The van der Waals surface area contributed by atoms with Crippen LogP contribution in [0.5, 0.6) is 5.75 Å². The molecule has 0 aliphatic rings. The van der Waals surface area contributed by atoms with Gasteiger partial charge in [0.15, 0.2) is 0 Å². The maximum absolute atomic E-state index is 13.2. The van der Waals surface area contributed by atoms with Crippen LogP contribution >= 0.6 is 43.5 Å². The van der Waals surface area contributed by atoms with Crippen LogP contribution < -0.4 is 4.74 Å². The average molecular weight is 408 g/mol. The van der Waals surface area contributed by atoms with Gasteiger partial charge >= 0.3 is 0 Å². The van der Waals surface area contributed by atoms with Crippen LogP contribution in [-0.4, -0.2) is 7.11 Å². The Labute approximate surface area is 133 Å². The number of ether oxygens (including phenoxy) is 1. The third-order valence-electron chi connectivity index (χ3n) is 2.70. The molecular formula is C14H10Br2ClFO. The van der Waals surface area contributed by atoms with Crippen molar-refractivity contribution < 1.29 is 9.13 Å². The molecule has 0 radical (unpaired) electrons. The molecule has 0 fully saturated rings. The van der Waals surface area contributed by atoms with Crippen LogP contribution in [0.15, 0.2) is 45.3 Å². The van der Waals surface area contributed by atoms with E-state index in [0.717, 1.165) is 15.6 Å². The van der Waals surface area contributed by atoms with Gasteiger partial charge in [-0.3, -0.25) is 0 Å². The summed E-state index contributed by atoms with van der Waals surface area (Å²) in [5, 5.41) is -0.403. The third kappa shape index (κ3) is 3.30. The van der Waals surface area contributed by atoms with Crippen molar-refractivity contribution in [3.05, 3.63) is 62.3 Å². The van der Waals surface area contributed by atoms with Crippen LogP contribution in [0.4, 0.5) is 4.39 Å². The van der Waals surface area contributed by atoms with Crippen LogP contribution in [0.1, 0.15) is 16.5 Å². The highest BCUT2D eigenvalue weighted by Gasteiger charge is 2.17. The van der Waals surface area contributed by atoms with Crippen LogP contribution in [0, 0.1) is 5.82 Å². The van der Waals surface area contributed by atoms with Crippen molar-refractivity contribution >= 4 is 43.5 Å². The van der Waals surface area contributed by atoms with Gasteiger partial charge in [-0.1, -0.05) is 28.1 Å². The fourth-order valence-corrected chi connectivity index (χ4v) is 2.80. The molecule has 19 heavy (non-hydrogen) atoms. The first-order valence-corrected chi connectivity index (χ1v) is 7.47. The zero-order chi connectivity index (χ0) is 14.0. The van der Waals surface area contributed by atoms with Crippen molar-refractivity contribution in [1.82, 2.24) is 0 Å². The van der Waals surface area contributed by atoms with Crippen LogP contribution in [0.25, 0.3) is 0 Å². The summed E-state index contributed by atoms with van der Waals surface area (Å²) in [4.78, 5) is 0. The Kier molecular flexibility index (Phi) is 4.87. The highest BCUT2D eigenvalue weighted by molar-refractivity contribution is 9.10. The molecule has 0 N–H and O–H groups in total. The van der Waals surface area contributed by atoms with Gasteiger partial charge in [-0.15, -0.1) is 11.6 Å². The molecule has 1 nitrogen and oxygen atoms in total. The summed E-state index contributed by atoms with van der Waals surface area (Å²) in [6.45, 7) is 0. The second-order valence-electron chi connectivity index (χ2n) is 3.92. The molecule has 0 bridgehead atoms. The monoisotopic (exact) mass is 406 g/mol. The second kappa shape index (κ2) is 6.25. The summed E-state index contributed by atoms with van der Waals surface area (Å²) in [6.07, 6.45) is 0. The molecule has 0 amide bonds. The lowest BCUT2D eigenvalue weighted by atomic mass is 10.0. The van der Waals surface area contributed by atoms with E-state index in [1.807, 2.05) is 18.2 Å². The molecule has 0 saturated carbocycles. The lowest BCUT2D eigenvalue weighted by Gasteiger charge is -2.15. The molecule has 5 heteroatoms. The molecular weight excluding hydrogens is 398 g/mol. The van der Waals surface area contributed by atoms with E-state index in [9.17, 15) is 4.39 Å². The van der Waals surface area contributed by atoms with E-state index in [0.29, 0.717) is 10.2 Å². The first-order valence-electron chi connectivity index (χ1n) is 5.45. The zero-order valence-corrected chi connectivity index (χ0v) is 13.9. The minimum absolute atomic E-state index is 0.310. The molecule has 1 atom stereocenters. The molecule has 0 aromatic heterocycles. The number of alkyl halides is 1. The molecule has 2 aromatic carbocycles. The highest BCUT2D eigenvalue weighted by Crippen LogP contribution is 2.37. The fourth-order valence-electron chi connectivity index (χ4n) is 1.74. The predicted octanol–water partition coefficient (Wildman–Crippen LogP) is 5.69. The Balaban J connectivity index is 2.43. The molecule has 0 heterocycles. The first kappa shape index (κ1) is 14.8. The SMILES string of the molecule is COc1cc(Br)ccc1C(Cl)c1ccc(F)c(Br)c1. The van der Waals surface area contributed by atoms with E-state index in [4.69, 9.17) is 16.3 Å². The fraction of sp³-hybridized carbons (Fsp3) is 0.143. The Hall–Kier alpha value is -0.580. The number of halogens is 4. The molecule has 100 valence electrons. The summed E-state index contributed by atoms with van der Waals surface area (Å²) in [6, 6.07) is 10.4. The van der Waals surface area contributed by atoms with Crippen LogP contribution in [0.3, 0.4) is 0 Å². The van der Waals surface area contributed by atoms with Crippen LogP contribution in [0.2, 0.25) is 0 Å². The summed E-state index contributed by atoms with van der Waals surface area (Å²) >= 11 is 13.0. The smallest absolute Gasteiger partial charge is 0.137 e. The van der Waals surface area contributed by atoms with Gasteiger partial charge in [0.05, 0.1) is 17.0 Å². The minimum atomic E-state index is -0.403. The van der Waals surface area contributed by atoms with Gasteiger partial charge in [-0.05, 0) is 45.8 Å². The van der Waals surface area contributed by atoms with Gasteiger partial charge in [0.1, 0.15) is 11.6 Å². The first-order chi connectivity index (χ1) is 9.02. The van der Waals surface area contributed by atoms with Crippen molar-refractivity contribution in [3.8, 4) is 5.75 Å². The van der Waals surface area contributed by atoms with Gasteiger partial charge in [0.25, 0.3) is 0 Å². The number of hydrogen-bond acceptors (Lipinski definition) is 1. The topological polar surface area (TPSA) is 9.23 Å². The third-order valence-corrected chi connectivity index (χ3v) is 4.29. The lowest BCUT2D eigenvalue weighted by Crippen LogP contribution is -1.98. The van der Waals surface area contributed by atoms with Gasteiger partial charge in [0, 0.05) is 10.0 Å². The standard InChI is InChI=1S/C14H10Br2ClFO/c1-19-13-7-9(15)3-4-10(13)14(17)8-2-5-12(18)11(16)6-8/h2-7,14H,1H3. The normalized spacial score (nSPS) is 12.3. The molecule has 0 aliphatic heterocycles. The van der Waals surface area contributed by atoms with Crippen molar-refractivity contribution in [2.24, 2.45) is 0 Å². The number of rotatable bonds is 3. The van der Waals surface area contributed by atoms with Crippen molar-refractivity contribution in [2.75, 3.05) is 7.11 Å². The summed E-state index contributed by atoms with van der Waals surface area (Å²) in [7, 11) is 1.59. The largest absolute Gasteiger partial charge is 0.496 e. The molecule has 0 saturated heterocycles. The maximum atomic E-state index is 13.2. The Morgan fingerprint density at radius 1 is 1.16 bits per heavy atom. The number of hydrogen-bond donors (Lipinski definition) is 0. The maximum Gasteiger partial charge on any atom is 0.137 e. The predicted molar refractivity (Wildman–Crippen MR) is 82.5 cm³/mol. The van der Waals surface area contributed by atoms with E-state index in [2.05, 4.69) is 31.9 Å². The zero-order valence-electron chi connectivity index (χ0n) is 9.96. The molecule has 0 spiro atoms. The van der Waals surface area contributed by atoms with Crippen molar-refractivity contribution in [3.63, 3.8) is 0 Å². The molecule has 1 unspecified atom stereocenters. The van der Waals surface area contributed by atoms with E-state index in [-0.39, 0.29) is 5.82 Å². The lowest BCUT2D eigenvalue weighted by molar-refractivity contribution is 0.410.